The molecule has 17 heavy (non-hydrogen) atoms. The molecule has 92 valence electrons. The van der Waals surface area contributed by atoms with E-state index in [9.17, 15) is 9.59 Å². The number of hydrogen-bond acceptors (Lipinski definition) is 4. The van der Waals surface area contributed by atoms with Crippen molar-refractivity contribution < 1.29 is 9.59 Å². The first-order chi connectivity index (χ1) is 8.02. The zero-order valence-electron chi connectivity index (χ0n) is 10.2. The number of carbonyl (C=O) groups excluding carboxylic acids is 2. The predicted molar refractivity (Wildman–Crippen MR) is 60.6 cm³/mol. The zero-order valence-corrected chi connectivity index (χ0v) is 10.2. The lowest BCUT2D eigenvalue weighted by Gasteiger charge is -2.22. The van der Waals surface area contributed by atoms with Crippen LogP contribution in [0.4, 0.5) is 0 Å². The third-order valence-electron chi connectivity index (χ3n) is 3.81. The minimum absolute atomic E-state index is 0.0110. The van der Waals surface area contributed by atoms with Gasteiger partial charge in [0.1, 0.15) is 5.54 Å². The van der Waals surface area contributed by atoms with Crippen LogP contribution < -0.4 is 5.32 Å². The first-order valence-corrected chi connectivity index (χ1v) is 5.98. The number of amides is 2. The molecular formula is C12H17N3O2. The monoisotopic (exact) mass is 235 g/mol. The lowest BCUT2D eigenvalue weighted by Crippen LogP contribution is -2.40. The van der Waals surface area contributed by atoms with Crippen LogP contribution in [0.25, 0.3) is 0 Å². The summed E-state index contributed by atoms with van der Waals surface area (Å²) in [5.74, 6) is -0.0606. The van der Waals surface area contributed by atoms with Gasteiger partial charge in [-0.3, -0.25) is 14.5 Å². The molecule has 0 spiro atoms. The smallest absolute Gasteiger partial charge is 0.233 e. The molecule has 0 bridgehead atoms. The van der Waals surface area contributed by atoms with Gasteiger partial charge < -0.3 is 5.32 Å². The van der Waals surface area contributed by atoms with E-state index >= 15 is 0 Å². The minimum atomic E-state index is -0.575. The van der Waals surface area contributed by atoms with Crippen molar-refractivity contribution in [2.75, 3.05) is 13.6 Å². The van der Waals surface area contributed by atoms with Gasteiger partial charge in [-0.25, -0.2) is 0 Å². The molecule has 3 unspecified atom stereocenters. The Morgan fingerprint density at radius 1 is 1.47 bits per heavy atom. The van der Waals surface area contributed by atoms with E-state index in [0.717, 1.165) is 6.42 Å². The highest BCUT2D eigenvalue weighted by atomic mass is 16.2. The molecule has 2 rings (SSSR count). The largest absolute Gasteiger partial charge is 0.303 e. The van der Waals surface area contributed by atoms with Crippen LogP contribution in [0.5, 0.6) is 0 Å². The Balaban J connectivity index is 1.82. The van der Waals surface area contributed by atoms with Gasteiger partial charge in [0.2, 0.25) is 11.8 Å². The van der Waals surface area contributed by atoms with Gasteiger partial charge in [0.25, 0.3) is 0 Å². The van der Waals surface area contributed by atoms with E-state index in [4.69, 9.17) is 5.26 Å². The molecule has 0 aromatic rings. The van der Waals surface area contributed by atoms with Gasteiger partial charge in [0.15, 0.2) is 0 Å². The maximum atomic E-state index is 11.7. The van der Waals surface area contributed by atoms with E-state index in [1.165, 1.54) is 4.90 Å². The molecule has 1 N–H and O–H groups in total. The third kappa shape index (κ3) is 2.05. The van der Waals surface area contributed by atoms with E-state index in [1.54, 1.807) is 7.05 Å². The highest BCUT2D eigenvalue weighted by Gasteiger charge is 2.58. The molecule has 2 fully saturated rings. The van der Waals surface area contributed by atoms with Crippen molar-refractivity contribution in [3.05, 3.63) is 0 Å². The molecule has 5 nitrogen and oxygen atoms in total. The maximum absolute atomic E-state index is 11.7. The van der Waals surface area contributed by atoms with Gasteiger partial charge >= 0.3 is 0 Å². The number of fused-ring (bicyclic) bond motifs is 1. The molecule has 1 aliphatic carbocycles. The minimum Gasteiger partial charge on any atom is -0.303 e. The van der Waals surface area contributed by atoms with Crippen molar-refractivity contribution in [3.63, 3.8) is 0 Å². The van der Waals surface area contributed by atoms with Crippen LogP contribution in [-0.4, -0.2) is 35.8 Å². The van der Waals surface area contributed by atoms with E-state index in [-0.39, 0.29) is 23.7 Å². The van der Waals surface area contributed by atoms with Gasteiger partial charge in [0, 0.05) is 6.54 Å². The van der Waals surface area contributed by atoms with Crippen LogP contribution in [0, 0.1) is 23.2 Å². The van der Waals surface area contributed by atoms with Crippen LogP contribution in [0.3, 0.4) is 0 Å². The van der Waals surface area contributed by atoms with Crippen LogP contribution in [0.1, 0.15) is 26.2 Å². The van der Waals surface area contributed by atoms with Crippen molar-refractivity contribution in [3.8, 4) is 6.07 Å². The summed E-state index contributed by atoms with van der Waals surface area (Å²) in [4.78, 5) is 24.7. The lowest BCUT2D eigenvalue weighted by molar-refractivity contribution is -0.141. The van der Waals surface area contributed by atoms with E-state index in [0.29, 0.717) is 19.4 Å². The van der Waals surface area contributed by atoms with Gasteiger partial charge in [-0.15, -0.1) is 0 Å². The predicted octanol–water partition coefficient (Wildman–Crippen LogP) is 0.273. The van der Waals surface area contributed by atoms with Crippen LogP contribution in [0.2, 0.25) is 0 Å². The quantitative estimate of drug-likeness (QED) is 0.694. The highest BCUT2D eigenvalue weighted by Crippen LogP contribution is 2.46. The Labute approximate surface area is 101 Å². The highest BCUT2D eigenvalue weighted by molar-refractivity contribution is 6.08. The van der Waals surface area contributed by atoms with Crippen LogP contribution in [0.15, 0.2) is 0 Å². The average molecular weight is 235 g/mol. The second kappa shape index (κ2) is 4.11. The third-order valence-corrected chi connectivity index (χ3v) is 3.81. The summed E-state index contributed by atoms with van der Waals surface area (Å²) in [5, 5.41) is 11.9. The molecular weight excluding hydrogens is 218 g/mol. The first kappa shape index (κ1) is 12.1. The number of nitriles is 1. The van der Waals surface area contributed by atoms with Crippen molar-refractivity contribution in [2.24, 2.45) is 11.8 Å². The van der Waals surface area contributed by atoms with Crippen molar-refractivity contribution in [1.29, 1.82) is 5.26 Å². The van der Waals surface area contributed by atoms with Crippen LogP contribution in [-0.2, 0) is 9.59 Å². The molecule has 2 aliphatic rings. The Morgan fingerprint density at radius 2 is 2.06 bits per heavy atom. The molecule has 1 heterocycles. The number of likely N-dealkylation sites (tertiary alicyclic amines) is 1. The van der Waals surface area contributed by atoms with E-state index < -0.39 is 5.54 Å². The number of nitrogens with zero attached hydrogens (tertiary/aromatic N) is 2. The average Bonchev–Trinajstić information content (AvgIpc) is 3.08. The summed E-state index contributed by atoms with van der Waals surface area (Å²) in [5.41, 5.74) is -0.575. The fraction of sp³-hybridized carbons (Fsp3) is 0.750. The summed E-state index contributed by atoms with van der Waals surface area (Å²) in [6.07, 6.45) is 2.05. The molecule has 0 aromatic carbocycles. The summed E-state index contributed by atoms with van der Waals surface area (Å²) in [6.45, 7) is 2.27. The number of hydrogen-bond donors (Lipinski definition) is 1. The van der Waals surface area contributed by atoms with Gasteiger partial charge in [-0.05, 0) is 33.2 Å². The molecule has 0 aromatic heterocycles. The SMILES string of the molecule is CNC(C)(C#N)CCCN1C(=O)C2CC2C1=O. The molecule has 2 amide bonds. The number of piperidine rings is 1. The topological polar surface area (TPSA) is 73.2 Å². The summed E-state index contributed by atoms with van der Waals surface area (Å²) in [6, 6.07) is 2.19. The summed E-state index contributed by atoms with van der Waals surface area (Å²) >= 11 is 0. The zero-order chi connectivity index (χ0) is 12.6. The lowest BCUT2D eigenvalue weighted by atomic mass is 9.98. The Hall–Kier alpha value is -1.41. The summed E-state index contributed by atoms with van der Waals surface area (Å²) < 4.78 is 0. The van der Waals surface area contributed by atoms with Gasteiger partial charge in [-0.2, -0.15) is 5.26 Å². The number of imide groups is 1. The number of rotatable bonds is 5. The first-order valence-electron chi connectivity index (χ1n) is 5.98. The van der Waals surface area contributed by atoms with Crippen molar-refractivity contribution >= 4 is 11.8 Å². The van der Waals surface area contributed by atoms with E-state index in [1.807, 2.05) is 6.92 Å². The molecule has 1 saturated heterocycles. The number of nitrogens with one attached hydrogen (secondary N) is 1. The maximum Gasteiger partial charge on any atom is 0.233 e. The second-order valence-electron chi connectivity index (χ2n) is 5.07. The molecule has 5 heteroatoms. The molecule has 0 radical (unpaired) electrons. The second-order valence-corrected chi connectivity index (χ2v) is 5.07. The molecule has 1 saturated carbocycles. The Morgan fingerprint density at radius 3 is 2.53 bits per heavy atom. The van der Waals surface area contributed by atoms with Gasteiger partial charge in [0.05, 0.1) is 17.9 Å². The normalized spacial score (nSPS) is 29.8. The fourth-order valence-electron chi connectivity index (χ4n) is 2.30. The van der Waals surface area contributed by atoms with Gasteiger partial charge in [-0.1, -0.05) is 0 Å². The standard InChI is InChI=1S/C12H17N3O2/c1-12(7-13,14-2)4-3-5-15-10(16)8-6-9(8)11(15)17/h8-9,14H,3-6H2,1-2H3. The van der Waals surface area contributed by atoms with Crippen molar-refractivity contribution in [2.45, 2.75) is 31.7 Å². The number of carbonyl (C=O) groups is 2. The Kier molecular flexibility index (Phi) is 2.92. The van der Waals surface area contributed by atoms with E-state index in [2.05, 4.69) is 11.4 Å². The summed E-state index contributed by atoms with van der Waals surface area (Å²) in [7, 11) is 1.74. The molecule has 1 aliphatic heterocycles. The molecule has 3 atom stereocenters. The van der Waals surface area contributed by atoms with Crippen LogP contribution >= 0.6 is 0 Å². The van der Waals surface area contributed by atoms with Crippen molar-refractivity contribution in [1.82, 2.24) is 10.2 Å². The fourth-order valence-corrected chi connectivity index (χ4v) is 2.30. The Bertz CT molecular complexity index is 381.